The number of carbonyl (C=O) groups excluding carboxylic acids is 2. The number of hydrogen-bond acceptors (Lipinski definition) is 4. The number of methoxy groups -OCH3 is 1. The van der Waals surface area contributed by atoms with Crippen molar-refractivity contribution in [3.8, 4) is 5.75 Å². The minimum absolute atomic E-state index is 0.171. The van der Waals surface area contributed by atoms with Crippen LogP contribution in [0.5, 0.6) is 5.75 Å². The summed E-state index contributed by atoms with van der Waals surface area (Å²) in [7, 11) is 1.61. The second kappa shape index (κ2) is 9.68. The molecule has 26 heavy (non-hydrogen) atoms. The molecule has 2 amide bonds. The molecule has 0 aliphatic rings. The summed E-state index contributed by atoms with van der Waals surface area (Å²) in [5, 5.41) is 5.23. The molecule has 2 aromatic carbocycles. The Balaban J connectivity index is 2.04. The van der Waals surface area contributed by atoms with Gasteiger partial charge >= 0.3 is 0 Å². The summed E-state index contributed by atoms with van der Waals surface area (Å²) in [5.74, 6) is 0.344. The van der Waals surface area contributed by atoms with Crippen LogP contribution in [-0.2, 0) is 4.79 Å². The number of thioether (sulfide) groups is 1. The number of carbonyl (C=O) groups is 2. The molecule has 2 aromatic rings. The van der Waals surface area contributed by atoms with E-state index >= 15 is 0 Å². The number of benzene rings is 2. The Morgan fingerprint density at radius 2 is 1.88 bits per heavy atom. The monoisotopic (exact) mass is 370 g/mol. The number of anilines is 1. The van der Waals surface area contributed by atoms with Crippen LogP contribution in [0, 0.1) is 0 Å². The van der Waals surface area contributed by atoms with E-state index in [0.717, 1.165) is 10.6 Å². The van der Waals surface area contributed by atoms with Gasteiger partial charge in [-0.3, -0.25) is 9.59 Å². The van der Waals surface area contributed by atoms with Crippen molar-refractivity contribution in [2.45, 2.75) is 17.1 Å². The lowest BCUT2D eigenvalue weighted by Crippen LogP contribution is -2.27. The van der Waals surface area contributed by atoms with Crippen molar-refractivity contribution in [3.05, 3.63) is 66.7 Å². The summed E-state index contributed by atoms with van der Waals surface area (Å²) >= 11 is 1.44. The fourth-order valence-corrected chi connectivity index (χ4v) is 3.06. The molecule has 0 saturated heterocycles. The van der Waals surface area contributed by atoms with E-state index in [4.69, 9.17) is 4.74 Å². The molecule has 0 heterocycles. The van der Waals surface area contributed by atoms with Crippen molar-refractivity contribution in [2.75, 3.05) is 19.0 Å². The molecule has 5 nitrogen and oxygen atoms in total. The van der Waals surface area contributed by atoms with Gasteiger partial charge in [0.1, 0.15) is 5.75 Å². The van der Waals surface area contributed by atoms with Crippen LogP contribution < -0.4 is 15.4 Å². The molecule has 0 bridgehead atoms. The van der Waals surface area contributed by atoms with Gasteiger partial charge in [-0.1, -0.05) is 18.2 Å². The molecule has 136 valence electrons. The van der Waals surface area contributed by atoms with E-state index in [2.05, 4.69) is 17.2 Å². The van der Waals surface area contributed by atoms with Crippen LogP contribution in [0.4, 0.5) is 5.69 Å². The van der Waals surface area contributed by atoms with Gasteiger partial charge in [0.15, 0.2) is 0 Å². The summed E-state index contributed by atoms with van der Waals surface area (Å²) in [5.41, 5.74) is 0.908. The highest BCUT2D eigenvalue weighted by Crippen LogP contribution is 2.26. The Morgan fingerprint density at radius 3 is 2.54 bits per heavy atom. The summed E-state index contributed by atoms with van der Waals surface area (Å²) in [6.45, 7) is 5.77. The molecule has 2 N–H and O–H groups in total. The van der Waals surface area contributed by atoms with Gasteiger partial charge in [-0.15, -0.1) is 18.3 Å². The Kier molecular flexibility index (Phi) is 7.29. The molecule has 0 aromatic heterocycles. The van der Waals surface area contributed by atoms with Gasteiger partial charge in [0.2, 0.25) is 5.91 Å². The topological polar surface area (TPSA) is 67.4 Å². The predicted molar refractivity (Wildman–Crippen MR) is 106 cm³/mol. The standard InChI is InChI=1S/C20H22N2O3S/c1-4-13-21-20(24)17-7-5-6-8-18(17)22-19(23)14(2)26-16-11-9-15(25-3)10-12-16/h4-12,14H,1,13H2,2-3H3,(H,21,24)(H,22,23). The van der Waals surface area contributed by atoms with Crippen LogP contribution in [0.1, 0.15) is 17.3 Å². The molecule has 0 radical (unpaired) electrons. The fourth-order valence-electron chi connectivity index (χ4n) is 2.20. The van der Waals surface area contributed by atoms with Crippen molar-refractivity contribution < 1.29 is 14.3 Å². The number of hydrogen-bond donors (Lipinski definition) is 2. The zero-order valence-corrected chi connectivity index (χ0v) is 15.6. The first-order valence-corrected chi connectivity index (χ1v) is 9.02. The SMILES string of the molecule is C=CCNC(=O)c1ccccc1NC(=O)C(C)Sc1ccc(OC)cc1. The van der Waals surface area contributed by atoms with Gasteiger partial charge in [0, 0.05) is 11.4 Å². The van der Waals surface area contributed by atoms with Crippen molar-refractivity contribution in [3.63, 3.8) is 0 Å². The summed E-state index contributed by atoms with van der Waals surface area (Å²) in [6.07, 6.45) is 1.60. The second-order valence-corrected chi connectivity index (χ2v) is 6.88. The third kappa shape index (κ3) is 5.39. The van der Waals surface area contributed by atoms with E-state index in [9.17, 15) is 9.59 Å². The molecule has 0 aliphatic heterocycles. The van der Waals surface area contributed by atoms with Gasteiger partial charge in [-0.2, -0.15) is 0 Å². The van der Waals surface area contributed by atoms with Crippen molar-refractivity contribution in [1.29, 1.82) is 0 Å². The molecule has 0 fully saturated rings. The fraction of sp³-hybridized carbons (Fsp3) is 0.200. The second-order valence-electron chi connectivity index (χ2n) is 5.47. The average molecular weight is 370 g/mol. The normalized spacial score (nSPS) is 11.3. The Labute approximate surface area is 157 Å². The van der Waals surface area contributed by atoms with Gasteiger partial charge in [0.25, 0.3) is 5.91 Å². The molecule has 0 spiro atoms. The quantitative estimate of drug-likeness (QED) is 0.549. The number of amides is 2. The minimum atomic E-state index is -0.326. The van der Waals surface area contributed by atoms with Gasteiger partial charge in [0.05, 0.1) is 23.6 Å². The van der Waals surface area contributed by atoms with E-state index in [-0.39, 0.29) is 17.1 Å². The largest absolute Gasteiger partial charge is 0.497 e. The predicted octanol–water partition coefficient (Wildman–Crippen LogP) is 3.73. The molecular formula is C20H22N2O3S. The number of para-hydroxylation sites is 1. The number of rotatable bonds is 8. The highest BCUT2D eigenvalue weighted by atomic mass is 32.2. The number of nitrogens with one attached hydrogen (secondary N) is 2. The van der Waals surface area contributed by atoms with E-state index in [1.165, 1.54) is 11.8 Å². The molecule has 0 saturated carbocycles. The third-order valence-corrected chi connectivity index (χ3v) is 4.69. The Hall–Kier alpha value is -2.73. The van der Waals surface area contributed by atoms with Gasteiger partial charge in [-0.25, -0.2) is 0 Å². The van der Waals surface area contributed by atoms with E-state index in [0.29, 0.717) is 17.8 Å². The maximum absolute atomic E-state index is 12.5. The van der Waals surface area contributed by atoms with Crippen LogP contribution in [-0.4, -0.2) is 30.7 Å². The first-order valence-electron chi connectivity index (χ1n) is 8.15. The molecule has 6 heteroatoms. The minimum Gasteiger partial charge on any atom is -0.497 e. The first-order chi connectivity index (χ1) is 12.5. The molecule has 1 atom stereocenters. The number of ether oxygens (including phenoxy) is 1. The zero-order valence-electron chi connectivity index (χ0n) is 14.8. The van der Waals surface area contributed by atoms with Gasteiger partial charge in [-0.05, 0) is 43.3 Å². The van der Waals surface area contributed by atoms with Gasteiger partial charge < -0.3 is 15.4 Å². The van der Waals surface area contributed by atoms with Crippen LogP contribution in [0.2, 0.25) is 0 Å². The molecule has 1 unspecified atom stereocenters. The van der Waals surface area contributed by atoms with Crippen LogP contribution in [0.15, 0.2) is 66.1 Å². The lowest BCUT2D eigenvalue weighted by atomic mass is 10.1. The lowest BCUT2D eigenvalue weighted by molar-refractivity contribution is -0.115. The maximum Gasteiger partial charge on any atom is 0.253 e. The highest BCUT2D eigenvalue weighted by Gasteiger charge is 2.18. The third-order valence-electron chi connectivity index (χ3n) is 3.58. The molecule has 2 rings (SSSR count). The van der Waals surface area contributed by atoms with Crippen LogP contribution >= 0.6 is 11.8 Å². The lowest BCUT2D eigenvalue weighted by Gasteiger charge is -2.14. The Bertz CT molecular complexity index is 775. The van der Waals surface area contributed by atoms with E-state index < -0.39 is 0 Å². The average Bonchev–Trinajstić information content (AvgIpc) is 2.67. The summed E-state index contributed by atoms with van der Waals surface area (Å²) in [6, 6.07) is 14.4. The van der Waals surface area contributed by atoms with Crippen LogP contribution in [0.3, 0.4) is 0 Å². The van der Waals surface area contributed by atoms with Crippen LogP contribution in [0.25, 0.3) is 0 Å². The van der Waals surface area contributed by atoms with Crippen molar-refractivity contribution in [2.24, 2.45) is 0 Å². The summed E-state index contributed by atoms with van der Waals surface area (Å²) < 4.78 is 5.13. The zero-order chi connectivity index (χ0) is 18.9. The summed E-state index contributed by atoms with van der Waals surface area (Å²) in [4.78, 5) is 25.7. The molecule has 0 aliphatic carbocycles. The van der Waals surface area contributed by atoms with E-state index in [1.54, 1.807) is 37.5 Å². The van der Waals surface area contributed by atoms with E-state index in [1.807, 2.05) is 31.2 Å². The van der Waals surface area contributed by atoms with Crippen molar-refractivity contribution >= 4 is 29.3 Å². The van der Waals surface area contributed by atoms with Crippen molar-refractivity contribution in [1.82, 2.24) is 5.32 Å². The first kappa shape index (κ1) is 19.6. The maximum atomic E-state index is 12.5. The molecular weight excluding hydrogens is 348 g/mol. The smallest absolute Gasteiger partial charge is 0.253 e. The Morgan fingerprint density at radius 1 is 1.19 bits per heavy atom. The highest BCUT2D eigenvalue weighted by molar-refractivity contribution is 8.00.